The lowest BCUT2D eigenvalue weighted by Crippen LogP contribution is -2.27. The van der Waals surface area contributed by atoms with Gasteiger partial charge in [-0.05, 0) is 31.2 Å². The van der Waals surface area contributed by atoms with Crippen LogP contribution in [0.3, 0.4) is 0 Å². The van der Waals surface area contributed by atoms with E-state index in [-0.39, 0.29) is 22.4 Å². The predicted molar refractivity (Wildman–Crippen MR) is 112 cm³/mol. The van der Waals surface area contributed by atoms with E-state index in [1.54, 1.807) is 56.4 Å². The molecule has 0 bridgehead atoms. The highest BCUT2D eigenvalue weighted by Gasteiger charge is 2.23. The van der Waals surface area contributed by atoms with Crippen molar-refractivity contribution in [1.29, 1.82) is 0 Å². The van der Waals surface area contributed by atoms with E-state index in [0.29, 0.717) is 16.4 Å². The molecule has 0 spiro atoms. The molecule has 0 aliphatic carbocycles. The monoisotopic (exact) mass is 433 g/mol. The van der Waals surface area contributed by atoms with E-state index < -0.39 is 10.0 Å². The lowest BCUT2D eigenvalue weighted by atomic mass is 10.0. The fourth-order valence-electron chi connectivity index (χ4n) is 2.75. The highest BCUT2D eigenvalue weighted by molar-refractivity contribution is 7.91. The zero-order valence-electron chi connectivity index (χ0n) is 16.1. The fourth-order valence-corrected chi connectivity index (χ4v) is 5.06. The zero-order valence-corrected chi connectivity index (χ0v) is 17.8. The minimum absolute atomic E-state index is 0.0869. The van der Waals surface area contributed by atoms with Gasteiger partial charge in [-0.1, -0.05) is 53.8 Å². The molecule has 0 saturated heterocycles. The van der Waals surface area contributed by atoms with Crippen LogP contribution in [0.5, 0.6) is 0 Å². The van der Waals surface area contributed by atoms with Gasteiger partial charge in [0.25, 0.3) is 10.0 Å². The van der Waals surface area contributed by atoms with Crippen LogP contribution in [0.2, 0.25) is 0 Å². The molecule has 0 aliphatic rings. The van der Waals surface area contributed by atoms with Gasteiger partial charge in [-0.2, -0.15) is 0 Å². The lowest BCUT2D eigenvalue weighted by Gasteiger charge is -2.14. The van der Waals surface area contributed by atoms with E-state index in [2.05, 4.69) is 9.71 Å². The quantitative estimate of drug-likeness (QED) is 0.646. The third kappa shape index (κ3) is 4.52. The average Bonchev–Trinajstić information content (AvgIpc) is 3.11. The van der Waals surface area contributed by atoms with Crippen LogP contribution in [0, 0.1) is 12.7 Å². The summed E-state index contributed by atoms with van der Waals surface area (Å²) < 4.78 is 40.3. The van der Waals surface area contributed by atoms with Gasteiger partial charge in [0.1, 0.15) is 5.82 Å². The summed E-state index contributed by atoms with van der Waals surface area (Å²) in [5.41, 5.74) is 2.33. The first kappa shape index (κ1) is 21.1. The lowest BCUT2D eigenvalue weighted by molar-refractivity contribution is -0.117. The molecule has 1 N–H and O–H groups in total. The van der Waals surface area contributed by atoms with Crippen LogP contribution in [0.25, 0.3) is 11.1 Å². The second-order valence-corrected chi connectivity index (χ2v) is 9.44. The van der Waals surface area contributed by atoms with Crippen LogP contribution in [0.1, 0.15) is 11.3 Å². The molecule has 1 aromatic heterocycles. The molecule has 0 unspecified atom stereocenters. The number of benzene rings is 2. The van der Waals surface area contributed by atoms with Crippen LogP contribution in [0.15, 0.2) is 52.7 Å². The number of halogens is 1. The van der Waals surface area contributed by atoms with Gasteiger partial charge in [-0.15, -0.1) is 0 Å². The van der Waals surface area contributed by atoms with Crippen molar-refractivity contribution in [3.8, 4) is 11.1 Å². The summed E-state index contributed by atoms with van der Waals surface area (Å²) in [6, 6.07) is 13.6. The normalized spacial score (nSPS) is 11.4. The first-order chi connectivity index (χ1) is 13.7. The van der Waals surface area contributed by atoms with E-state index in [1.807, 2.05) is 0 Å². The third-order valence-electron chi connectivity index (χ3n) is 4.41. The van der Waals surface area contributed by atoms with Gasteiger partial charge < -0.3 is 0 Å². The van der Waals surface area contributed by atoms with Crippen molar-refractivity contribution in [2.75, 3.05) is 19.0 Å². The number of rotatable bonds is 6. The molecule has 3 aromatic rings. The molecule has 9 heteroatoms. The summed E-state index contributed by atoms with van der Waals surface area (Å²) in [6.45, 7) is 1.59. The van der Waals surface area contributed by atoms with Crippen LogP contribution < -0.4 is 9.62 Å². The second-order valence-electron chi connectivity index (χ2n) is 6.38. The van der Waals surface area contributed by atoms with E-state index in [0.717, 1.165) is 22.5 Å². The van der Waals surface area contributed by atoms with Gasteiger partial charge in [0.2, 0.25) is 5.91 Å². The van der Waals surface area contributed by atoms with Gasteiger partial charge in [0, 0.05) is 12.6 Å². The third-order valence-corrected chi connectivity index (χ3v) is 7.67. The Kier molecular flexibility index (Phi) is 6.11. The molecule has 152 valence electrons. The number of sulfonamides is 1. The zero-order chi connectivity index (χ0) is 21.2. The molecule has 6 nitrogen and oxygen atoms in total. The Labute approximate surface area is 173 Å². The van der Waals surface area contributed by atoms with Crippen molar-refractivity contribution in [3.05, 3.63) is 65.6 Å². The number of aryl methyl sites for hydroxylation is 1. The number of nitrogens with one attached hydrogen (secondary N) is 1. The summed E-state index contributed by atoms with van der Waals surface area (Å²) in [5.74, 6) is -0.534. The molecular formula is C20H20FN3O3S2. The largest absolute Gasteiger partial charge is 0.291 e. The number of amides is 1. The highest BCUT2D eigenvalue weighted by Crippen LogP contribution is 2.29. The number of anilines is 1. The molecular weight excluding hydrogens is 413 g/mol. The minimum atomic E-state index is -3.62. The molecule has 29 heavy (non-hydrogen) atoms. The van der Waals surface area contributed by atoms with Crippen molar-refractivity contribution in [3.63, 3.8) is 0 Å². The van der Waals surface area contributed by atoms with Crippen molar-refractivity contribution < 1.29 is 17.6 Å². The molecule has 1 amide bonds. The number of nitrogens with zero attached hydrogens (tertiary/aromatic N) is 2. The van der Waals surface area contributed by atoms with E-state index in [1.165, 1.54) is 18.0 Å². The standard InChI is InChI=1S/C20H20FN3O3S2/c1-13-19(29(26,27)22-2)28-20(23-13)24(3)18(25)12-14-8-10-15(11-9-14)16-6-4-5-7-17(16)21/h4-11,22H,12H2,1-3H3. The molecule has 2 aromatic carbocycles. The van der Waals surface area contributed by atoms with Crippen molar-refractivity contribution in [2.24, 2.45) is 0 Å². The van der Waals surface area contributed by atoms with Gasteiger partial charge >= 0.3 is 0 Å². The molecule has 0 atom stereocenters. The Balaban J connectivity index is 1.75. The van der Waals surface area contributed by atoms with Gasteiger partial charge in [0.05, 0.1) is 12.1 Å². The number of hydrogen-bond donors (Lipinski definition) is 1. The van der Waals surface area contributed by atoms with E-state index >= 15 is 0 Å². The molecule has 1 heterocycles. The van der Waals surface area contributed by atoms with Crippen molar-refractivity contribution in [1.82, 2.24) is 9.71 Å². The van der Waals surface area contributed by atoms with Crippen molar-refractivity contribution in [2.45, 2.75) is 17.6 Å². The van der Waals surface area contributed by atoms with E-state index in [4.69, 9.17) is 0 Å². The number of carbonyl (C=O) groups excluding carboxylic acids is 1. The number of thiazole rings is 1. The maximum Gasteiger partial charge on any atom is 0.251 e. The predicted octanol–water partition coefficient (Wildman–Crippen LogP) is 3.37. The molecule has 3 rings (SSSR count). The SMILES string of the molecule is CNS(=O)(=O)c1sc(N(C)C(=O)Cc2ccc(-c3ccccc3F)cc2)nc1C. The number of likely N-dealkylation sites (N-methyl/N-ethyl adjacent to an activating group) is 1. The average molecular weight is 434 g/mol. The maximum atomic E-state index is 13.9. The molecule has 0 saturated carbocycles. The van der Waals surface area contributed by atoms with Gasteiger partial charge in [0.15, 0.2) is 9.34 Å². The number of carbonyl (C=O) groups is 1. The fraction of sp³-hybridized carbons (Fsp3) is 0.200. The Morgan fingerprint density at radius 2 is 1.83 bits per heavy atom. The van der Waals surface area contributed by atoms with Crippen LogP contribution in [-0.4, -0.2) is 33.4 Å². The molecule has 0 aliphatic heterocycles. The topological polar surface area (TPSA) is 79.4 Å². The Hall–Kier alpha value is -2.62. The highest BCUT2D eigenvalue weighted by atomic mass is 32.2. The summed E-state index contributed by atoms with van der Waals surface area (Å²) in [7, 11) is -0.736. The Morgan fingerprint density at radius 1 is 1.17 bits per heavy atom. The second kappa shape index (κ2) is 8.40. The van der Waals surface area contributed by atoms with Crippen LogP contribution in [-0.2, 0) is 21.2 Å². The smallest absolute Gasteiger partial charge is 0.251 e. The molecule has 0 fully saturated rings. The first-order valence-corrected chi connectivity index (χ1v) is 11.0. The van der Waals surface area contributed by atoms with Crippen molar-refractivity contribution >= 4 is 32.4 Å². The number of hydrogen-bond acceptors (Lipinski definition) is 5. The van der Waals surface area contributed by atoms with Gasteiger partial charge in [-0.25, -0.2) is 22.5 Å². The van der Waals surface area contributed by atoms with Crippen LogP contribution >= 0.6 is 11.3 Å². The summed E-state index contributed by atoms with van der Waals surface area (Å²) in [5, 5.41) is 0.310. The summed E-state index contributed by atoms with van der Waals surface area (Å²) >= 11 is 0.941. The number of aromatic nitrogens is 1. The minimum Gasteiger partial charge on any atom is -0.291 e. The summed E-state index contributed by atoms with van der Waals surface area (Å²) in [6.07, 6.45) is 0.112. The Bertz CT molecular complexity index is 1140. The van der Waals surface area contributed by atoms with Gasteiger partial charge in [-0.3, -0.25) is 9.69 Å². The Morgan fingerprint density at radius 3 is 2.45 bits per heavy atom. The first-order valence-electron chi connectivity index (χ1n) is 8.74. The maximum absolute atomic E-state index is 13.9. The summed E-state index contributed by atoms with van der Waals surface area (Å²) in [4.78, 5) is 18.2. The van der Waals surface area contributed by atoms with E-state index in [9.17, 15) is 17.6 Å². The molecule has 0 radical (unpaired) electrons. The van der Waals surface area contributed by atoms with Crippen LogP contribution in [0.4, 0.5) is 9.52 Å².